The van der Waals surface area contributed by atoms with Gasteiger partial charge in [-0.05, 0) is 97.9 Å². The Hall–Kier alpha value is -0.820. The van der Waals surface area contributed by atoms with Gasteiger partial charge in [-0.3, -0.25) is 0 Å². The molecular formula is C26H38O. The Bertz CT molecular complexity index is 653. The molecule has 4 aliphatic carbocycles. The summed E-state index contributed by atoms with van der Waals surface area (Å²) in [7, 11) is 0. The van der Waals surface area contributed by atoms with Crippen molar-refractivity contribution in [2.24, 2.45) is 34.5 Å². The van der Waals surface area contributed by atoms with Crippen molar-refractivity contribution in [3.8, 4) is 0 Å². The molecular weight excluding hydrogens is 328 g/mol. The Labute approximate surface area is 166 Å². The van der Waals surface area contributed by atoms with Crippen molar-refractivity contribution in [3.05, 3.63) is 35.9 Å². The van der Waals surface area contributed by atoms with E-state index in [4.69, 9.17) is 4.74 Å². The molecule has 0 N–H and O–H groups in total. The maximum absolute atomic E-state index is 6.38. The normalized spacial score (nSPS) is 46.4. The summed E-state index contributed by atoms with van der Waals surface area (Å²) < 4.78 is 6.38. The number of rotatable bonds is 3. The lowest BCUT2D eigenvalue weighted by molar-refractivity contribution is -0.131. The summed E-state index contributed by atoms with van der Waals surface area (Å²) in [4.78, 5) is 0. The molecule has 4 fully saturated rings. The summed E-state index contributed by atoms with van der Waals surface area (Å²) in [6.45, 7) is 6.10. The highest BCUT2D eigenvalue weighted by atomic mass is 16.5. The number of benzene rings is 1. The second-order valence-corrected chi connectivity index (χ2v) is 10.9. The molecule has 27 heavy (non-hydrogen) atoms. The average Bonchev–Trinajstić information content (AvgIpc) is 3.09. The van der Waals surface area contributed by atoms with Crippen molar-refractivity contribution in [2.75, 3.05) is 0 Å². The van der Waals surface area contributed by atoms with Crippen molar-refractivity contribution >= 4 is 0 Å². The topological polar surface area (TPSA) is 9.23 Å². The molecule has 148 valence electrons. The third kappa shape index (κ3) is 3.09. The Morgan fingerprint density at radius 3 is 2.59 bits per heavy atom. The van der Waals surface area contributed by atoms with Gasteiger partial charge in [-0.25, -0.2) is 0 Å². The Balaban J connectivity index is 1.25. The second-order valence-electron chi connectivity index (χ2n) is 10.9. The van der Waals surface area contributed by atoms with Crippen LogP contribution in [0, 0.1) is 34.5 Å². The van der Waals surface area contributed by atoms with Gasteiger partial charge in [0.1, 0.15) is 0 Å². The van der Waals surface area contributed by atoms with Crippen molar-refractivity contribution in [3.63, 3.8) is 0 Å². The maximum atomic E-state index is 6.38. The molecule has 7 atom stereocenters. The van der Waals surface area contributed by atoms with Crippen LogP contribution in [0.3, 0.4) is 0 Å². The largest absolute Gasteiger partial charge is 0.374 e. The fourth-order valence-electron chi connectivity index (χ4n) is 8.15. The van der Waals surface area contributed by atoms with E-state index in [1.807, 2.05) is 0 Å². The van der Waals surface area contributed by atoms with Gasteiger partial charge in [-0.1, -0.05) is 50.6 Å². The molecule has 0 saturated heterocycles. The fraction of sp³-hybridized carbons (Fsp3) is 0.769. The molecule has 0 heterocycles. The van der Waals surface area contributed by atoms with E-state index in [2.05, 4.69) is 44.2 Å². The minimum atomic E-state index is 0.486. The van der Waals surface area contributed by atoms with E-state index in [0.717, 1.165) is 30.3 Å². The minimum Gasteiger partial charge on any atom is -0.374 e. The van der Waals surface area contributed by atoms with Crippen LogP contribution in [0.15, 0.2) is 30.3 Å². The molecule has 0 spiro atoms. The first kappa shape index (κ1) is 18.2. The van der Waals surface area contributed by atoms with E-state index < -0.39 is 0 Å². The maximum Gasteiger partial charge on any atom is 0.0720 e. The molecule has 1 nitrogen and oxygen atoms in total. The molecule has 0 aliphatic heterocycles. The lowest BCUT2D eigenvalue weighted by Crippen LogP contribution is -2.53. The Kier molecular flexibility index (Phi) is 4.66. The van der Waals surface area contributed by atoms with Gasteiger partial charge < -0.3 is 4.74 Å². The van der Waals surface area contributed by atoms with Gasteiger partial charge in [0.2, 0.25) is 0 Å². The van der Waals surface area contributed by atoms with E-state index in [9.17, 15) is 0 Å². The molecule has 4 aliphatic rings. The third-order valence-corrected chi connectivity index (χ3v) is 9.73. The van der Waals surface area contributed by atoms with Crippen LogP contribution in [0.1, 0.15) is 83.6 Å². The first-order valence-electron chi connectivity index (χ1n) is 11.7. The number of hydrogen-bond acceptors (Lipinski definition) is 1. The summed E-state index contributed by atoms with van der Waals surface area (Å²) in [6, 6.07) is 10.7. The van der Waals surface area contributed by atoms with E-state index >= 15 is 0 Å². The SMILES string of the molecule is C[C@@]12CCC[C@H]1[C@H]1CC[C@H]3C[C@@H](OCc4ccccc4)CC[C@]3(C)[C@@H]1CC2. The van der Waals surface area contributed by atoms with Gasteiger partial charge in [-0.15, -0.1) is 0 Å². The van der Waals surface area contributed by atoms with Gasteiger partial charge in [-0.2, -0.15) is 0 Å². The van der Waals surface area contributed by atoms with E-state index in [0.29, 0.717) is 16.9 Å². The summed E-state index contributed by atoms with van der Waals surface area (Å²) in [6.07, 6.45) is 15.0. The molecule has 1 aromatic carbocycles. The van der Waals surface area contributed by atoms with Crippen LogP contribution in [-0.4, -0.2) is 6.10 Å². The van der Waals surface area contributed by atoms with Gasteiger partial charge in [0, 0.05) is 0 Å². The van der Waals surface area contributed by atoms with Crippen LogP contribution in [0.2, 0.25) is 0 Å². The summed E-state index contributed by atoms with van der Waals surface area (Å²) >= 11 is 0. The predicted molar refractivity (Wildman–Crippen MR) is 111 cm³/mol. The highest BCUT2D eigenvalue weighted by molar-refractivity contribution is 5.13. The monoisotopic (exact) mass is 366 g/mol. The summed E-state index contributed by atoms with van der Waals surface area (Å²) in [5, 5.41) is 0. The van der Waals surface area contributed by atoms with Gasteiger partial charge in [0.15, 0.2) is 0 Å². The molecule has 5 rings (SSSR count). The van der Waals surface area contributed by atoms with Crippen LogP contribution in [0.4, 0.5) is 0 Å². The molecule has 0 amide bonds. The number of hydrogen-bond donors (Lipinski definition) is 0. The van der Waals surface area contributed by atoms with E-state index in [1.165, 1.54) is 69.8 Å². The summed E-state index contributed by atoms with van der Waals surface area (Å²) in [5.41, 5.74) is 2.61. The van der Waals surface area contributed by atoms with Crippen molar-refractivity contribution in [1.82, 2.24) is 0 Å². The summed E-state index contributed by atoms with van der Waals surface area (Å²) in [5.74, 6) is 3.98. The number of fused-ring (bicyclic) bond motifs is 5. The van der Waals surface area contributed by atoms with Gasteiger partial charge >= 0.3 is 0 Å². The van der Waals surface area contributed by atoms with Gasteiger partial charge in [0.05, 0.1) is 12.7 Å². The van der Waals surface area contributed by atoms with Crippen molar-refractivity contribution < 1.29 is 4.74 Å². The highest BCUT2D eigenvalue weighted by Crippen LogP contribution is 2.66. The third-order valence-electron chi connectivity index (χ3n) is 9.73. The van der Waals surface area contributed by atoms with E-state index in [1.54, 1.807) is 0 Å². The standard InChI is InChI=1S/C26H38O/c1-25-14-6-9-23(25)22-11-10-20-17-21(27-18-19-7-4-3-5-8-19)12-16-26(20,2)24(22)13-15-25/h3-5,7-8,20-24H,6,9-18H2,1-2H3/t20-,21-,22+,23-,24+,25-,26-/m0/s1. The van der Waals surface area contributed by atoms with Crippen molar-refractivity contribution in [2.45, 2.75) is 90.8 Å². The van der Waals surface area contributed by atoms with Gasteiger partial charge in [0.25, 0.3) is 0 Å². The number of ether oxygens (including phenoxy) is 1. The van der Waals surface area contributed by atoms with Crippen LogP contribution in [0.5, 0.6) is 0 Å². The average molecular weight is 367 g/mol. The quantitative estimate of drug-likeness (QED) is 0.559. The van der Waals surface area contributed by atoms with Crippen LogP contribution in [0.25, 0.3) is 0 Å². The molecule has 1 aromatic rings. The lowest BCUT2D eigenvalue weighted by atomic mass is 9.45. The Morgan fingerprint density at radius 1 is 0.889 bits per heavy atom. The van der Waals surface area contributed by atoms with Crippen LogP contribution in [-0.2, 0) is 11.3 Å². The zero-order valence-corrected chi connectivity index (χ0v) is 17.5. The lowest BCUT2D eigenvalue weighted by Gasteiger charge is -2.60. The molecule has 0 unspecified atom stereocenters. The molecule has 4 saturated carbocycles. The first-order valence-corrected chi connectivity index (χ1v) is 11.7. The molecule has 0 bridgehead atoms. The molecule has 1 heteroatoms. The van der Waals surface area contributed by atoms with Crippen LogP contribution >= 0.6 is 0 Å². The minimum absolute atomic E-state index is 0.486. The van der Waals surface area contributed by atoms with E-state index in [-0.39, 0.29) is 0 Å². The zero-order valence-electron chi connectivity index (χ0n) is 17.5. The molecule has 0 aromatic heterocycles. The predicted octanol–water partition coefficient (Wildman–Crippen LogP) is 7.00. The zero-order chi connectivity index (χ0) is 18.5. The fourth-order valence-corrected chi connectivity index (χ4v) is 8.15. The second kappa shape index (κ2) is 6.90. The first-order chi connectivity index (χ1) is 13.1. The smallest absolute Gasteiger partial charge is 0.0720 e. The highest BCUT2D eigenvalue weighted by Gasteiger charge is 2.57. The molecule has 0 radical (unpaired) electrons. The Morgan fingerprint density at radius 2 is 1.74 bits per heavy atom. The van der Waals surface area contributed by atoms with Crippen molar-refractivity contribution in [1.29, 1.82) is 0 Å². The van der Waals surface area contributed by atoms with Crippen LogP contribution < -0.4 is 0 Å².